The number of fused-ring (bicyclic) bond motifs is 1. The van der Waals surface area contributed by atoms with Gasteiger partial charge in [0.05, 0.1) is 17.5 Å². The second kappa shape index (κ2) is 5.05. The number of ether oxygens (including phenoxy) is 1. The standard InChI is InChI=1S/C18H18N2O2/c21-17-15-7-4-10-19-16(15)11-20(17)12-18(8-9-18)13-22-14-5-2-1-3-6-14/h1-7,10-11,21H,8-9,12-13H2. The fourth-order valence-electron chi connectivity index (χ4n) is 2.83. The summed E-state index contributed by atoms with van der Waals surface area (Å²) in [5.41, 5.74) is 0.960. The Bertz CT molecular complexity index is 791. The summed E-state index contributed by atoms with van der Waals surface area (Å²) < 4.78 is 7.81. The zero-order valence-corrected chi connectivity index (χ0v) is 12.3. The molecule has 0 unspecified atom stereocenters. The number of nitrogens with zero attached hydrogens (tertiary/aromatic N) is 2. The molecule has 4 nitrogen and oxygen atoms in total. The summed E-state index contributed by atoms with van der Waals surface area (Å²) in [6.45, 7) is 1.44. The summed E-state index contributed by atoms with van der Waals surface area (Å²) >= 11 is 0. The number of pyridine rings is 1. The van der Waals surface area contributed by atoms with Gasteiger partial charge in [-0.3, -0.25) is 4.98 Å². The number of hydrogen-bond acceptors (Lipinski definition) is 3. The first-order valence-corrected chi connectivity index (χ1v) is 7.57. The van der Waals surface area contributed by atoms with Crippen molar-refractivity contribution in [3.05, 3.63) is 54.9 Å². The Morgan fingerprint density at radius 3 is 2.68 bits per heavy atom. The molecule has 0 atom stereocenters. The van der Waals surface area contributed by atoms with Crippen LogP contribution >= 0.6 is 0 Å². The molecule has 0 spiro atoms. The van der Waals surface area contributed by atoms with Crippen LogP contribution < -0.4 is 4.74 Å². The number of aromatic nitrogens is 2. The van der Waals surface area contributed by atoms with Gasteiger partial charge >= 0.3 is 0 Å². The van der Waals surface area contributed by atoms with E-state index in [0.717, 1.165) is 36.0 Å². The Morgan fingerprint density at radius 2 is 1.95 bits per heavy atom. The van der Waals surface area contributed by atoms with Crippen LogP contribution in [0.4, 0.5) is 0 Å². The van der Waals surface area contributed by atoms with Crippen LogP contribution in [0.1, 0.15) is 12.8 Å². The third-order valence-electron chi connectivity index (χ3n) is 4.38. The van der Waals surface area contributed by atoms with Crippen molar-refractivity contribution in [1.29, 1.82) is 0 Å². The van der Waals surface area contributed by atoms with E-state index in [9.17, 15) is 5.11 Å². The summed E-state index contributed by atoms with van der Waals surface area (Å²) in [6.07, 6.45) is 5.92. The predicted octanol–water partition coefficient (Wildman–Crippen LogP) is 3.60. The molecule has 1 aliphatic carbocycles. The maximum Gasteiger partial charge on any atom is 0.200 e. The van der Waals surface area contributed by atoms with E-state index >= 15 is 0 Å². The first-order valence-electron chi connectivity index (χ1n) is 7.57. The van der Waals surface area contributed by atoms with Gasteiger partial charge in [-0.2, -0.15) is 0 Å². The molecule has 3 aromatic rings. The first kappa shape index (κ1) is 13.2. The molecule has 4 rings (SSSR count). The van der Waals surface area contributed by atoms with Gasteiger partial charge in [-0.05, 0) is 37.1 Å². The lowest BCUT2D eigenvalue weighted by Gasteiger charge is -2.17. The van der Waals surface area contributed by atoms with Crippen molar-refractivity contribution in [1.82, 2.24) is 9.55 Å². The fraction of sp³-hybridized carbons (Fsp3) is 0.278. The summed E-state index contributed by atoms with van der Waals surface area (Å²) in [7, 11) is 0. The van der Waals surface area contributed by atoms with Gasteiger partial charge in [0, 0.05) is 24.4 Å². The second-order valence-electron chi connectivity index (χ2n) is 6.12. The highest BCUT2D eigenvalue weighted by Gasteiger charge is 2.44. The van der Waals surface area contributed by atoms with E-state index in [2.05, 4.69) is 4.98 Å². The molecule has 2 heterocycles. The smallest absolute Gasteiger partial charge is 0.200 e. The molecule has 4 heteroatoms. The molecule has 1 saturated carbocycles. The molecule has 22 heavy (non-hydrogen) atoms. The van der Waals surface area contributed by atoms with Crippen LogP contribution in [0.5, 0.6) is 11.6 Å². The molecule has 0 bridgehead atoms. The van der Waals surface area contributed by atoms with Gasteiger partial charge in [-0.15, -0.1) is 0 Å². The van der Waals surface area contributed by atoms with Crippen molar-refractivity contribution < 1.29 is 9.84 Å². The highest BCUT2D eigenvalue weighted by atomic mass is 16.5. The van der Waals surface area contributed by atoms with Crippen molar-refractivity contribution >= 4 is 10.9 Å². The summed E-state index contributed by atoms with van der Waals surface area (Å²) in [5, 5.41) is 11.2. The van der Waals surface area contributed by atoms with E-state index in [1.165, 1.54) is 0 Å². The maximum atomic E-state index is 10.3. The van der Waals surface area contributed by atoms with Crippen LogP contribution in [-0.2, 0) is 6.54 Å². The van der Waals surface area contributed by atoms with Gasteiger partial charge < -0.3 is 14.4 Å². The van der Waals surface area contributed by atoms with Gasteiger partial charge in [0.1, 0.15) is 5.75 Å². The van der Waals surface area contributed by atoms with Crippen molar-refractivity contribution in [3.8, 4) is 11.6 Å². The Balaban J connectivity index is 1.51. The molecule has 112 valence electrons. The van der Waals surface area contributed by atoms with E-state index in [1.54, 1.807) is 6.20 Å². The Labute approximate surface area is 129 Å². The van der Waals surface area contributed by atoms with Crippen LogP contribution in [0.2, 0.25) is 0 Å². The number of aromatic hydroxyl groups is 1. The molecule has 0 saturated heterocycles. The quantitative estimate of drug-likeness (QED) is 0.782. The first-order chi connectivity index (χ1) is 10.8. The minimum absolute atomic E-state index is 0.127. The van der Waals surface area contributed by atoms with Gasteiger partial charge in [0.25, 0.3) is 0 Å². The number of rotatable bonds is 5. The molecule has 2 aromatic heterocycles. The molecule has 0 amide bonds. The summed E-state index contributed by atoms with van der Waals surface area (Å²) in [5.74, 6) is 1.20. The molecule has 1 aliphatic rings. The second-order valence-corrected chi connectivity index (χ2v) is 6.12. The molecule has 0 aliphatic heterocycles. The molecule has 1 N–H and O–H groups in total. The Hall–Kier alpha value is -2.49. The lowest BCUT2D eigenvalue weighted by Crippen LogP contribution is -2.19. The normalized spacial score (nSPS) is 15.8. The van der Waals surface area contributed by atoms with Crippen LogP contribution in [0.25, 0.3) is 10.9 Å². The third kappa shape index (κ3) is 2.41. The number of hydrogen-bond donors (Lipinski definition) is 1. The molecule has 1 fully saturated rings. The van der Waals surface area contributed by atoms with Crippen molar-refractivity contribution in [2.45, 2.75) is 19.4 Å². The molecular formula is C18H18N2O2. The average Bonchev–Trinajstić information content (AvgIpc) is 3.26. The minimum atomic E-state index is 0.127. The van der Waals surface area contributed by atoms with E-state index < -0.39 is 0 Å². The van der Waals surface area contributed by atoms with Crippen LogP contribution in [-0.4, -0.2) is 21.3 Å². The predicted molar refractivity (Wildman–Crippen MR) is 85.0 cm³/mol. The molecule has 0 radical (unpaired) electrons. The van der Waals surface area contributed by atoms with E-state index in [-0.39, 0.29) is 5.41 Å². The van der Waals surface area contributed by atoms with Crippen molar-refractivity contribution in [2.24, 2.45) is 5.41 Å². The van der Waals surface area contributed by atoms with Crippen molar-refractivity contribution in [3.63, 3.8) is 0 Å². The van der Waals surface area contributed by atoms with Gasteiger partial charge in [0.2, 0.25) is 5.88 Å². The monoisotopic (exact) mass is 294 g/mol. The number of benzene rings is 1. The van der Waals surface area contributed by atoms with Crippen LogP contribution in [0.3, 0.4) is 0 Å². The third-order valence-corrected chi connectivity index (χ3v) is 4.38. The lowest BCUT2D eigenvalue weighted by atomic mass is 10.1. The van der Waals surface area contributed by atoms with E-state index in [4.69, 9.17) is 4.74 Å². The van der Waals surface area contributed by atoms with Gasteiger partial charge in [-0.1, -0.05) is 18.2 Å². The van der Waals surface area contributed by atoms with E-state index in [1.807, 2.05) is 53.2 Å². The summed E-state index contributed by atoms with van der Waals surface area (Å²) in [6, 6.07) is 13.6. The van der Waals surface area contributed by atoms with Crippen molar-refractivity contribution in [2.75, 3.05) is 6.61 Å². The van der Waals surface area contributed by atoms with Gasteiger partial charge in [0.15, 0.2) is 0 Å². The SMILES string of the molecule is Oc1c2cccnc2cn1CC1(COc2ccccc2)CC1. The lowest BCUT2D eigenvalue weighted by molar-refractivity contribution is 0.211. The Kier molecular flexibility index (Phi) is 3.03. The van der Waals surface area contributed by atoms with E-state index in [0.29, 0.717) is 12.5 Å². The number of para-hydroxylation sites is 1. The van der Waals surface area contributed by atoms with Crippen LogP contribution in [0.15, 0.2) is 54.9 Å². The Morgan fingerprint density at radius 1 is 1.14 bits per heavy atom. The molecular weight excluding hydrogens is 276 g/mol. The average molecular weight is 294 g/mol. The summed E-state index contributed by atoms with van der Waals surface area (Å²) in [4.78, 5) is 4.29. The molecule has 1 aromatic carbocycles. The van der Waals surface area contributed by atoms with Gasteiger partial charge in [-0.25, -0.2) is 0 Å². The zero-order valence-electron chi connectivity index (χ0n) is 12.3. The topological polar surface area (TPSA) is 47.3 Å². The fourth-order valence-corrected chi connectivity index (χ4v) is 2.83. The highest BCUT2D eigenvalue weighted by Crippen LogP contribution is 2.48. The van der Waals surface area contributed by atoms with Crippen LogP contribution in [0, 0.1) is 5.41 Å². The maximum absolute atomic E-state index is 10.3. The highest BCUT2D eigenvalue weighted by molar-refractivity contribution is 5.84. The largest absolute Gasteiger partial charge is 0.494 e. The minimum Gasteiger partial charge on any atom is -0.494 e. The zero-order chi connectivity index (χ0) is 15.0.